The molecule has 1 unspecified atom stereocenters. The first-order valence-electron chi connectivity index (χ1n) is 6.76. The van der Waals surface area contributed by atoms with Gasteiger partial charge < -0.3 is 5.73 Å². The number of benzene rings is 1. The lowest BCUT2D eigenvalue weighted by atomic mass is 10.0. The molecule has 0 aliphatic carbocycles. The van der Waals surface area contributed by atoms with Crippen LogP contribution in [0.5, 0.6) is 0 Å². The summed E-state index contributed by atoms with van der Waals surface area (Å²) in [4.78, 5) is 12.9. The molecular weight excluding hydrogens is 242 g/mol. The van der Waals surface area contributed by atoms with E-state index in [1.54, 1.807) is 6.07 Å². The van der Waals surface area contributed by atoms with Gasteiger partial charge in [0.25, 0.3) is 5.69 Å². The van der Waals surface area contributed by atoms with Crippen molar-refractivity contribution in [3.8, 4) is 0 Å². The molecule has 5 nitrogen and oxygen atoms in total. The molecule has 2 rings (SSSR count). The highest BCUT2D eigenvalue weighted by molar-refractivity contribution is 5.62. The number of likely N-dealkylation sites (tertiary alicyclic amines) is 1. The minimum absolute atomic E-state index is 0.0118. The lowest BCUT2D eigenvalue weighted by molar-refractivity contribution is -0.384. The van der Waals surface area contributed by atoms with Gasteiger partial charge in [-0.2, -0.15) is 0 Å². The monoisotopic (exact) mass is 263 g/mol. The number of nitrogens with two attached hydrogens (primary N) is 1. The number of hydrogen-bond acceptors (Lipinski definition) is 4. The summed E-state index contributed by atoms with van der Waals surface area (Å²) in [5.41, 5.74) is 7.10. The fourth-order valence-corrected chi connectivity index (χ4v) is 2.92. The van der Waals surface area contributed by atoms with Crippen molar-refractivity contribution >= 4 is 11.4 Å². The SMILES string of the molecule is CC(C)C1CCCN1Cc1cccc([N+](=O)[O-])c1N. The van der Waals surface area contributed by atoms with E-state index in [9.17, 15) is 10.1 Å². The predicted octanol–water partition coefficient (Wildman–Crippen LogP) is 2.80. The minimum atomic E-state index is -0.414. The molecule has 1 atom stereocenters. The number of nitro benzene ring substituents is 1. The third-order valence-electron chi connectivity index (χ3n) is 3.93. The van der Waals surface area contributed by atoms with Gasteiger partial charge in [0.1, 0.15) is 5.69 Å². The highest BCUT2D eigenvalue weighted by atomic mass is 16.6. The quantitative estimate of drug-likeness (QED) is 0.515. The molecule has 1 aromatic rings. The van der Waals surface area contributed by atoms with Crippen LogP contribution in [0.3, 0.4) is 0 Å². The summed E-state index contributed by atoms with van der Waals surface area (Å²) < 4.78 is 0. The maximum Gasteiger partial charge on any atom is 0.292 e. The second-order valence-electron chi connectivity index (χ2n) is 5.53. The standard InChI is InChI=1S/C14H21N3O2/c1-10(2)12-7-4-8-16(12)9-11-5-3-6-13(14(11)15)17(18)19/h3,5-6,10,12H,4,7-9,15H2,1-2H3. The Morgan fingerprint density at radius 1 is 1.53 bits per heavy atom. The van der Waals surface area contributed by atoms with Crippen molar-refractivity contribution in [1.29, 1.82) is 0 Å². The van der Waals surface area contributed by atoms with E-state index in [1.165, 1.54) is 18.9 Å². The molecule has 104 valence electrons. The first kappa shape index (κ1) is 13.8. The fourth-order valence-electron chi connectivity index (χ4n) is 2.92. The van der Waals surface area contributed by atoms with Crippen molar-refractivity contribution < 1.29 is 4.92 Å². The van der Waals surface area contributed by atoms with Gasteiger partial charge in [0.2, 0.25) is 0 Å². The third-order valence-corrected chi connectivity index (χ3v) is 3.93. The molecule has 0 bridgehead atoms. The van der Waals surface area contributed by atoms with E-state index in [2.05, 4.69) is 18.7 Å². The Balaban J connectivity index is 2.19. The minimum Gasteiger partial charge on any atom is -0.393 e. The molecule has 19 heavy (non-hydrogen) atoms. The van der Waals surface area contributed by atoms with Crippen LogP contribution in [0.2, 0.25) is 0 Å². The van der Waals surface area contributed by atoms with Gasteiger partial charge in [0, 0.05) is 18.7 Å². The summed E-state index contributed by atoms with van der Waals surface area (Å²) in [6.07, 6.45) is 2.39. The highest BCUT2D eigenvalue weighted by Crippen LogP contribution is 2.30. The van der Waals surface area contributed by atoms with Crippen LogP contribution in [-0.2, 0) is 6.54 Å². The summed E-state index contributed by atoms with van der Waals surface area (Å²) >= 11 is 0. The predicted molar refractivity (Wildman–Crippen MR) is 75.8 cm³/mol. The zero-order chi connectivity index (χ0) is 14.0. The zero-order valence-electron chi connectivity index (χ0n) is 11.5. The van der Waals surface area contributed by atoms with Crippen LogP contribution < -0.4 is 5.73 Å². The number of rotatable bonds is 4. The molecule has 0 amide bonds. The van der Waals surface area contributed by atoms with Gasteiger partial charge in [-0.3, -0.25) is 15.0 Å². The molecule has 1 aromatic carbocycles. The maximum absolute atomic E-state index is 10.9. The molecule has 0 aromatic heterocycles. The Morgan fingerprint density at radius 3 is 2.89 bits per heavy atom. The zero-order valence-corrected chi connectivity index (χ0v) is 11.5. The van der Waals surface area contributed by atoms with E-state index in [0.717, 1.165) is 12.1 Å². The van der Waals surface area contributed by atoms with Crippen LogP contribution in [0.1, 0.15) is 32.3 Å². The average molecular weight is 263 g/mol. The summed E-state index contributed by atoms with van der Waals surface area (Å²) in [7, 11) is 0. The van der Waals surface area contributed by atoms with E-state index in [4.69, 9.17) is 5.73 Å². The number of nitro groups is 1. The van der Waals surface area contributed by atoms with Crippen molar-refractivity contribution in [2.75, 3.05) is 12.3 Å². The molecule has 2 N–H and O–H groups in total. The van der Waals surface area contributed by atoms with E-state index >= 15 is 0 Å². The van der Waals surface area contributed by atoms with Crippen LogP contribution >= 0.6 is 0 Å². The molecule has 1 heterocycles. The van der Waals surface area contributed by atoms with Crippen LogP contribution in [0.25, 0.3) is 0 Å². The van der Waals surface area contributed by atoms with Crippen molar-refractivity contribution in [2.45, 2.75) is 39.3 Å². The van der Waals surface area contributed by atoms with Crippen molar-refractivity contribution in [3.05, 3.63) is 33.9 Å². The molecule has 1 aliphatic rings. The lowest BCUT2D eigenvalue weighted by Gasteiger charge is -2.27. The largest absolute Gasteiger partial charge is 0.393 e. The smallest absolute Gasteiger partial charge is 0.292 e. The van der Waals surface area contributed by atoms with E-state index in [-0.39, 0.29) is 5.69 Å². The van der Waals surface area contributed by atoms with Gasteiger partial charge >= 0.3 is 0 Å². The number of nitrogens with zero attached hydrogens (tertiary/aromatic N) is 2. The van der Waals surface area contributed by atoms with E-state index in [1.807, 2.05) is 6.07 Å². The first-order chi connectivity index (χ1) is 9.00. The third kappa shape index (κ3) is 2.87. The summed E-state index contributed by atoms with van der Waals surface area (Å²) in [6.45, 7) is 6.20. The molecule has 0 radical (unpaired) electrons. The molecular formula is C14H21N3O2. The van der Waals surface area contributed by atoms with Gasteiger partial charge in [-0.15, -0.1) is 0 Å². The number of anilines is 1. The Hall–Kier alpha value is -1.62. The molecule has 1 aliphatic heterocycles. The highest BCUT2D eigenvalue weighted by Gasteiger charge is 2.28. The van der Waals surface area contributed by atoms with Crippen molar-refractivity contribution in [1.82, 2.24) is 4.90 Å². The topological polar surface area (TPSA) is 72.4 Å². The van der Waals surface area contributed by atoms with E-state index in [0.29, 0.717) is 24.2 Å². The summed E-state index contributed by atoms with van der Waals surface area (Å²) in [6, 6.07) is 5.61. The number of para-hydroxylation sites is 1. The van der Waals surface area contributed by atoms with Crippen molar-refractivity contribution in [2.24, 2.45) is 5.92 Å². The summed E-state index contributed by atoms with van der Waals surface area (Å²) in [5, 5.41) is 10.9. The van der Waals surface area contributed by atoms with Gasteiger partial charge in [-0.25, -0.2) is 0 Å². The second-order valence-corrected chi connectivity index (χ2v) is 5.53. The Morgan fingerprint density at radius 2 is 2.26 bits per heavy atom. The maximum atomic E-state index is 10.9. The molecule has 0 saturated carbocycles. The molecule has 1 fully saturated rings. The van der Waals surface area contributed by atoms with Crippen LogP contribution in [-0.4, -0.2) is 22.4 Å². The van der Waals surface area contributed by atoms with Gasteiger partial charge in [0.05, 0.1) is 4.92 Å². The summed E-state index contributed by atoms with van der Waals surface area (Å²) in [5.74, 6) is 0.599. The van der Waals surface area contributed by atoms with Gasteiger partial charge in [0.15, 0.2) is 0 Å². The fraction of sp³-hybridized carbons (Fsp3) is 0.571. The van der Waals surface area contributed by atoms with Crippen LogP contribution in [0, 0.1) is 16.0 Å². The number of hydrogen-bond donors (Lipinski definition) is 1. The van der Waals surface area contributed by atoms with Crippen LogP contribution in [0.15, 0.2) is 18.2 Å². The molecule has 5 heteroatoms. The normalized spacial score (nSPS) is 20.1. The Bertz CT molecular complexity index is 474. The Labute approximate surface area is 113 Å². The van der Waals surface area contributed by atoms with Gasteiger partial charge in [-0.05, 0) is 30.9 Å². The van der Waals surface area contributed by atoms with Crippen molar-refractivity contribution in [3.63, 3.8) is 0 Å². The van der Waals surface area contributed by atoms with E-state index < -0.39 is 4.92 Å². The lowest BCUT2D eigenvalue weighted by Crippen LogP contribution is -2.33. The Kier molecular flexibility index (Phi) is 4.04. The van der Waals surface area contributed by atoms with Gasteiger partial charge in [-0.1, -0.05) is 26.0 Å². The molecule has 1 saturated heterocycles. The van der Waals surface area contributed by atoms with Crippen LogP contribution in [0.4, 0.5) is 11.4 Å². The molecule has 0 spiro atoms. The average Bonchev–Trinajstić information content (AvgIpc) is 2.79. The number of nitrogen functional groups attached to an aromatic ring is 1. The second kappa shape index (κ2) is 5.57. The first-order valence-corrected chi connectivity index (χ1v) is 6.76.